The molecule has 0 fully saturated rings. The highest BCUT2D eigenvalue weighted by molar-refractivity contribution is 5.68. The van der Waals surface area contributed by atoms with Gasteiger partial charge in [-0.3, -0.25) is 0 Å². The van der Waals surface area contributed by atoms with Crippen molar-refractivity contribution in [2.45, 2.75) is 13.5 Å². The fraction of sp³-hybridized carbons (Fsp3) is 0.231. The first-order chi connectivity index (χ1) is 9.10. The summed E-state index contributed by atoms with van der Waals surface area (Å²) in [6.45, 7) is 2.29. The topological polar surface area (TPSA) is 73.1 Å². The fourth-order valence-electron chi connectivity index (χ4n) is 1.67. The van der Waals surface area contributed by atoms with E-state index in [9.17, 15) is 4.39 Å². The second-order valence-electron chi connectivity index (χ2n) is 4.02. The molecule has 1 aromatic carbocycles. The van der Waals surface area contributed by atoms with Crippen LogP contribution in [0.5, 0.6) is 5.75 Å². The van der Waals surface area contributed by atoms with Crippen LogP contribution in [0.2, 0.25) is 0 Å². The van der Waals surface area contributed by atoms with Crippen molar-refractivity contribution in [1.82, 2.24) is 9.97 Å². The monoisotopic (exact) mass is 262 g/mol. The molecule has 0 aliphatic rings. The lowest BCUT2D eigenvalue weighted by Crippen LogP contribution is -2.06. The first-order valence-electron chi connectivity index (χ1n) is 5.75. The van der Waals surface area contributed by atoms with Crippen LogP contribution in [0.15, 0.2) is 24.4 Å². The highest BCUT2D eigenvalue weighted by Gasteiger charge is 2.08. The summed E-state index contributed by atoms with van der Waals surface area (Å²) in [5, 5.41) is 3.10. The van der Waals surface area contributed by atoms with Crippen molar-refractivity contribution in [3.8, 4) is 5.75 Å². The molecule has 6 heteroatoms. The van der Waals surface area contributed by atoms with Crippen molar-refractivity contribution in [2.75, 3.05) is 18.2 Å². The van der Waals surface area contributed by atoms with E-state index in [-0.39, 0.29) is 5.75 Å². The van der Waals surface area contributed by atoms with E-state index in [0.717, 1.165) is 5.69 Å². The predicted octanol–water partition coefficient (Wildman–Crippen LogP) is 2.13. The Balaban J connectivity index is 2.15. The Morgan fingerprint density at radius 3 is 2.89 bits per heavy atom. The van der Waals surface area contributed by atoms with Gasteiger partial charge >= 0.3 is 0 Å². The first kappa shape index (κ1) is 13.1. The number of nitrogens with zero attached hydrogens (tertiary/aromatic N) is 2. The number of hydrogen-bond donors (Lipinski definition) is 2. The number of nitrogens with two attached hydrogens (primary N) is 1. The molecule has 0 radical (unpaired) electrons. The van der Waals surface area contributed by atoms with Gasteiger partial charge in [0.15, 0.2) is 11.6 Å². The maximum atomic E-state index is 13.4. The van der Waals surface area contributed by atoms with Crippen LogP contribution < -0.4 is 15.8 Å². The van der Waals surface area contributed by atoms with E-state index >= 15 is 0 Å². The largest absolute Gasteiger partial charge is 0.494 e. The fourth-order valence-corrected chi connectivity index (χ4v) is 1.67. The maximum Gasteiger partial charge on any atom is 0.167 e. The number of rotatable bonds is 4. The van der Waals surface area contributed by atoms with Gasteiger partial charge in [0.05, 0.1) is 30.7 Å². The molecule has 1 aromatic heterocycles. The third-order valence-corrected chi connectivity index (χ3v) is 2.62. The van der Waals surface area contributed by atoms with Crippen molar-refractivity contribution in [1.29, 1.82) is 0 Å². The summed E-state index contributed by atoms with van der Waals surface area (Å²) in [5.41, 5.74) is 7.51. The van der Waals surface area contributed by atoms with Crippen molar-refractivity contribution in [3.05, 3.63) is 41.7 Å². The van der Waals surface area contributed by atoms with Gasteiger partial charge in [0, 0.05) is 18.3 Å². The molecule has 3 N–H and O–H groups in total. The zero-order chi connectivity index (χ0) is 13.8. The molecule has 0 saturated heterocycles. The number of aromatic nitrogens is 2. The lowest BCUT2D eigenvalue weighted by atomic mass is 10.2. The lowest BCUT2D eigenvalue weighted by Gasteiger charge is -2.11. The predicted molar refractivity (Wildman–Crippen MR) is 71.5 cm³/mol. The van der Waals surface area contributed by atoms with Crippen LogP contribution in [0, 0.1) is 12.7 Å². The lowest BCUT2D eigenvalue weighted by molar-refractivity contribution is 0.387. The minimum absolute atomic E-state index is 0.149. The Labute approximate surface area is 110 Å². The molecule has 0 saturated carbocycles. The number of halogens is 1. The van der Waals surface area contributed by atoms with Gasteiger partial charge in [0.2, 0.25) is 0 Å². The van der Waals surface area contributed by atoms with Gasteiger partial charge < -0.3 is 15.8 Å². The molecule has 0 aliphatic heterocycles. The minimum Gasteiger partial charge on any atom is -0.494 e. The second kappa shape index (κ2) is 5.51. The zero-order valence-electron chi connectivity index (χ0n) is 10.8. The third-order valence-electron chi connectivity index (χ3n) is 2.62. The quantitative estimate of drug-likeness (QED) is 0.826. The summed E-state index contributed by atoms with van der Waals surface area (Å²) < 4.78 is 18.3. The zero-order valence-corrected chi connectivity index (χ0v) is 10.8. The Kier molecular flexibility index (Phi) is 3.79. The molecular weight excluding hydrogens is 247 g/mol. The summed E-state index contributed by atoms with van der Waals surface area (Å²) in [4.78, 5) is 8.28. The van der Waals surface area contributed by atoms with Gasteiger partial charge in [-0.1, -0.05) is 0 Å². The molecule has 2 rings (SSSR count). The Morgan fingerprint density at radius 1 is 1.42 bits per heavy atom. The van der Waals surface area contributed by atoms with Gasteiger partial charge in [-0.05, 0) is 13.0 Å². The average Bonchev–Trinajstić information content (AvgIpc) is 2.38. The maximum absolute atomic E-state index is 13.4. The van der Waals surface area contributed by atoms with Crippen molar-refractivity contribution in [2.24, 2.45) is 0 Å². The molecule has 100 valence electrons. The van der Waals surface area contributed by atoms with Crippen LogP contribution in [-0.2, 0) is 6.54 Å². The highest BCUT2D eigenvalue weighted by atomic mass is 19.1. The summed E-state index contributed by atoms with van der Waals surface area (Å²) in [7, 11) is 1.41. The van der Waals surface area contributed by atoms with E-state index in [1.54, 1.807) is 12.3 Å². The van der Waals surface area contributed by atoms with Crippen LogP contribution in [0.25, 0.3) is 0 Å². The summed E-state index contributed by atoms with van der Waals surface area (Å²) >= 11 is 0. The third kappa shape index (κ3) is 3.09. The molecule has 1 heterocycles. The number of methoxy groups -OCH3 is 1. The number of ether oxygens (including phenoxy) is 1. The van der Waals surface area contributed by atoms with Gasteiger partial charge in [-0.2, -0.15) is 0 Å². The average molecular weight is 262 g/mol. The molecule has 5 nitrogen and oxygen atoms in total. The summed E-state index contributed by atoms with van der Waals surface area (Å²) in [5.74, 6) is 0.364. The highest BCUT2D eigenvalue weighted by Crippen LogP contribution is 2.28. The van der Waals surface area contributed by atoms with Gasteiger partial charge in [0.25, 0.3) is 0 Å². The van der Waals surface area contributed by atoms with Crippen molar-refractivity contribution < 1.29 is 9.13 Å². The number of aryl methyl sites for hydroxylation is 1. The molecule has 0 amide bonds. The standard InChI is InChI=1S/C13H15FN4O/c1-8-16-4-3-9(18-8)7-17-12-6-13(19-2)10(14)5-11(12)15/h3-6,17H,7,15H2,1-2H3. The van der Waals surface area contributed by atoms with E-state index in [0.29, 0.717) is 23.7 Å². The van der Waals surface area contributed by atoms with Crippen LogP contribution >= 0.6 is 0 Å². The summed E-state index contributed by atoms with van der Waals surface area (Å²) in [6, 6.07) is 4.56. The molecule has 0 bridgehead atoms. The van der Waals surface area contributed by atoms with Gasteiger partial charge in [-0.15, -0.1) is 0 Å². The Bertz CT molecular complexity index is 589. The Hall–Kier alpha value is -2.37. The van der Waals surface area contributed by atoms with Gasteiger partial charge in [0.1, 0.15) is 5.82 Å². The number of benzene rings is 1. The minimum atomic E-state index is -0.483. The van der Waals surface area contributed by atoms with E-state index in [1.165, 1.54) is 19.2 Å². The molecular formula is C13H15FN4O. The van der Waals surface area contributed by atoms with Crippen LogP contribution in [0.3, 0.4) is 0 Å². The van der Waals surface area contributed by atoms with E-state index in [4.69, 9.17) is 10.5 Å². The van der Waals surface area contributed by atoms with Crippen molar-refractivity contribution >= 4 is 11.4 Å². The van der Waals surface area contributed by atoms with Crippen LogP contribution in [-0.4, -0.2) is 17.1 Å². The number of nitrogen functional groups attached to an aromatic ring is 1. The number of anilines is 2. The van der Waals surface area contributed by atoms with E-state index in [2.05, 4.69) is 15.3 Å². The normalized spacial score (nSPS) is 10.3. The van der Waals surface area contributed by atoms with Crippen LogP contribution in [0.4, 0.5) is 15.8 Å². The Morgan fingerprint density at radius 2 is 2.21 bits per heavy atom. The van der Waals surface area contributed by atoms with Crippen LogP contribution in [0.1, 0.15) is 11.5 Å². The van der Waals surface area contributed by atoms with Gasteiger partial charge in [-0.25, -0.2) is 14.4 Å². The number of nitrogens with one attached hydrogen (secondary N) is 1. The molecule has 19 heavy (non-hydrogen) atoms. The smallest absolute Gasteiger partial charge is 0.167 e. The summed E-state index contributed by atoms with van der Waals surface area (Å²) in [6.07, 6.45) is 1.69. The molecule has 2 aromatic rings. The van der Waals surface area contributed by atoms with Crippen molar-refractivity contribution in [3.63, 3.8) is 0 Å². The molecule has 0 aliphatic carbocycles. The molecule has 0 atom stereocenters. The SMILES string of the molecule is COc1cc(NCc2ccnc(C)n2)c(N)cc1F. The first-order valence-corrected chi connectivity index (χ1v) is 5.75. The van der Waals surface area contributed by atoms with E-state index in [1.807, 2.05) is 6.92 Å². The second-order valence-corrected chi connectivity index (χ2v) is 4.02. The van der Waals surface area contributed by atoms with E-state index < -0.39 is 5.82 Å². The molecule has 0 spiro atoms. The molecule has 0 unspecified atom stereocenters. The number of hydrogen-bond acceptors (Lipinski definition) is 5.